The Morgan fingerprint density at radius 2 is 2.17 bits per heavy atom. The van der Waals surface area contributed by atoms with Gasteiger partial charge in [0.2, 0.25) is 5.91 Å². The van der Waals surface area contributed by atoms with Crippen LogP contribution in [0, 0.1) is 5.82 Å². The predicted octanol–water partition coefficient (Wildman–Crippen LogP) is 1.43. The van der Waals surface area contributed by atoms with Gasteiger partial charge in [-0.05, 0) is 24.6 Å². The Balaban J connectivity index is 2.48. The largest absolute Gasteiger partial charge is 0.491 e. The lowest BCUT2D eigenvalue weighted by molar-refractivity contribution is -0.120. The molecule has 1 amide bonds. The van der Waals surface area contributed by atoms with Crippen molar-refractivity contribution < 1.29 is 23.8 Å². The molecular formula is C12H14FNO4. The third kappa shape index (κ3) is 4.04. The summed E-state index contributed by atoms with van der Waals surface area (Å²) in [6, 6.07) is 3.43. The van der Waals surface area contributed by atoms with Crippen molar-refractivity contribution in [3.8, 4) is 5.75 Å². The molecule has 0 atom stereocenters. The number of ether oxygens (including phenoxy) is 1. The Bertz CT molecular complexity index is 448. The van der Waals surface area contributed by atoms with E-state index in [1.165, 1.54) is 19.2 Å². The zero-order valence-corrected chi connectivity index (χ0v) is 9.90. The normalized spacial score (nSPS) is 9.89. The number of amides is 1. The molecule has 0 aliphatic rings. The summed E-state index contributed by atoms with van der Waals surface area (Å²) in [6.07, 6.45) is 0.755. The molecule has 1 rings (SSSR count). The first-order valence-corrected chi connectivity index (χ1v) is 5.41. The summed E-state index contributed by atoms with van der Waals surface area (Å²) >= 11 is 0. The van der Waals surface area contributed by atoms with E-state index in [0.717, 1.165) is 6.07 Å². The molecular weight excluding hydrogens is 241 g/mol. The Morgan fingerprint density at radius 3 is 2.72 bits per heavy atom. The first-order chi connectivity index (χ1) is 8.54. The lowest BCUT2D eigenvalue weighted by Crippen LogP contribution is -2.18. The summed E-state index contributed by atoms with van der Waals surface area (Å²) in [6.45, 7) is 0.191. The minimum absolute atomic E-state index is 0.0168. The molecule has 6 heteroatoms. The van der Waals surface area contributed by atoms with Crippen LogP contribution >= 0.6 is 0 Å². The van der Waals surface area contributed by atoms with Crippen molar-refractivity contribution in [2.45, 2.75) is 12.8 Å². The molecule has 0 aliphatic carbocycles. The van der Waals surface area contributed by atoms with E-state index in [-0.39, 0.29) is 23.8 Å². The minimum Gasteiger partial charge on any atom is -0.491 e. The average molecular weight is 255 g/mol. The number of carboxylic acid groups (broad SMARTS) is 1. The van der Waals surface area contributed by atoms with E-state index in [1.54, 1.807) is 0 Å². The zero-order valence-electron chi connectivity index (χ0n) is 9.90. The van der Waals surface area contributed by atoms with E-state index in [1.807, 2.05) is 0 Å². The van der Waals surface area contributed by atoms with E-state index in [2.05, 4.69) is 5.32 Å². The van der Waals surface area contributed by atoms with Gasteiger partial charge in [0.1, 0.15) is 0 Å². The van der Waals surface area contributed by atoms with Crippen LogP contribution in [-0.4, -0.2) is 30.6 Å². The highest BCUT2D eigenvalue weighted by Gasteiger charge is 2.09. The van der Waals surface area contributed by atoms with Crippen LogP contribution in [0.15, 0.2) is 18.2 Å². The van der Waals surface area contributed by atoms with Crippen LogP contribution in [0.1, 0.15) is 23.2 Å². The molecule has 1 aromatic rings. The predicted molar refractivity (Wildman–Crippen MR) is 62.2 cm³/mol. The second-order valence-corrected chi connectivity index (χ2v) is 3.58. The van der Waals surface area contributed by atoms with E-state index in [4.69, 9.17) is 9.84 Å². The molecule has 0 saturated heterocycles. The highest BCUT2D eigenvalue weighted by Crippen LogP contribution is 2.18. The third-order valence-corrected chi connectivity index (χ3v) is 2.26. The quantitative estimate of drug-likeness (QED) is 0.754. The Hall–Kier alpha value is -2.11. The van der Waals surface area contributed by atoms with Gasteiger partial charge in [-0.15, -0.1) is 0 Å². The smallest absolute Gasteiger partial charge is 0.335 e. The number of hydrogen-bond donors (Lipinski definition) is 2. The molecule has 1 aromatic carbocycles. The summed E-state index contributed by atoms with van der Waals surface area (Å²) < 4.78 is 18.5. The fourth-order valence-corrected chi connectivity index (χ4v) is 1.29. The van der Waals surface area contributed by atoms with Crippen LogP contribution in [0.4, 0.5) is 4.39 Å². The molecule has 2 N–H and O–H groups in total. The summed E-state index contributed by atoms with van der Waals surface area (Å²) in [5, 5.41) is 11.1. The standard InChI is InChI=1S/C12H14FNO4/c1-14-11(15)3-2-6-18-10-5-4-8(12(16)17)7-9(10)13/h4-5,7H,2-3,6H2,1H3,(H,14,15)(H,16,17). The van der Waals surface area contributed by atoms with Gasteiger partial charge in [-0.2, -0.15) is 0 Å². The van der Waals surface area contributed by atoms with E-state index < -0.39 is 11.8 Å². The summed E-state index contributed by atoms with van der Waals surface area (Å²) in [5.74, 6) is -2.05. The van der Waals surface area contributed by atoms with Gasteiger partial charge in [0, 0.05) is 13.5 Å². The molecule has 0 spiro atoms. The average Bonchev–Trinajstić information content (AvgIpc) is 2.35. The topological polar surface area (TPSA) is 75.6 Å². The van der Waals surface area contributed by atoms with Crippen molar-refractivity contribution in [1.82, 2.24) is 5.32 Å². The lowest BCUT2D eigenvalue weighted by Gasteiger charge is -2.07. The molecule has 98 valence electrons. The fraction of sp³-hybridized carbons (Fsp3) is 0.333. The number of nitrogens with one attached hydrogen (secondary N) is 1. The van der Waals surface area contributed by atoms with Gasteiger partial charge >= 0.3 is 5.97 Å². The Labute approximate surface area is 104 Å². The molecule has 0 aromatic heterocycles. The van der Waals surface area contributed by atoms with Gasteiger partial charge in [-0.3, -0.25) is 4.79 Å². The number of carbonyl (C=O) groups is 2. The molecule has 0 radical (unpaired) electrons. The summed E-state index contributed by atoms with van der Waals surface area (Å²) in [5.41, 5.74) is -0.134. The van der Waals surface area contributed by atoms with Crippen LogP contribution in [0.3, 0.4) is 0 Å². The number of halogens is 1. The Morgan fingerprint density at radius 1 is 1.44 bits per heavy atom. The lowest BCUT2D eigenvalue weighted by atomic mass is 10.2. The van der Waals surface area contributed by atoms with Gasteiger partial charge in [0.05, 0.1) is 12.2 Å². The molecule has 0 aliphatic heterocycles. The molecule has 0 heterocycles. The highest BCUT2D eigenvalue weighted by molar-refractivity contribution is 5.87. The van der Waals surface area contributed by atoms with Gasteiger partial charge < -0.3 is 15.2 Å². The second-order valence-electron chi connectivity index (χ2n) is 3.58. The summed E-state index contributed by atoms with van der Waals surface area (Å²) in [7, 11) is 1.54. The minimum atomic E-state index is -1.19. The third-order valence-electron chi connectivity index (χ3n) is 2.26. The van der Waals surface area contributed by atoms with Crippen LogP contribution in [0.25, 0.3) is 0 Å². The molecule has 0 bridgehead atoms. The maximum absolute atomic E-state index is 13.4. The van der Waals surface area contributed by atoms with Crippen molar-refractivity contribution in [3.05, 3.63) is 29.6 Å². The van der Waals surface area contributed by atoms with Crippen molar-refractivity contribution in [2.24, 2.45) is 0 Å². The second kappa shape index (κ2) is 6.58. The SMILES string of the molecule is CNC(=O)CCCOc1ccc(C(=O)O)cc1F. The Kier molecular flexibility index (Phi) is 5.10. The van der Waals surface area contributed by atoms with Crippen LogP contribution in [0.5, 0.6) is 5.75 Å². The van der Waals surface area contributed by atoms with Crippen molar-refractivity contribution >= 4 is 11.9 Å². The molecule has 0 fully saturated rings. The number of carboxylic acids is 1. The zero-order chi connectivity index (χ0) is 13.5. The molecule has 0 saturated carbocycles. The molecule has 5 nitrogen and oxygen atoms in total. The molecule has 18 heavy (non-hydrogen) atoms. The maximum atomic E-state index is 13.4. The van der Waals surface area contributed by atoms with Crippen LogP contribution in [0.2, 0.25) is 0 Å². The maximum Gasteiger partial charge on any atom is 0.335 e. The van der Waals surface area contributed by atoms with E-state index in [9.17, 15) is 14.0 Å². The van der Waals surface area contributed by atoms with E-state index >= 15 is 0 Å². The first kappa shape index (κ1) is 14.0. The van der Waals surface area contributed by atoms with Crippen molar-refractivity contribution in [3.63, 3.8) is 0 Å². The number of hydrogen-bond acceptors (Lipinski definition) is 3. The monoisotopic (exact) mass is 255 g/mol. The van der Waals surface area contributed by atoms with Crippen LogP contribution in [-0.2, 0) is 4.79 Å². The van der Waals surface area contributed by atoms with E-state index in [0.29, 0.717) is 12.8 Å². The van der Waals surface area contributed by atoms with Gasteiger partial charge in [-0.25, -0.2) is 9.18 Å². The molecule has 0 unspecified atom stereocenters. The van der Waals surface area contributed by atoms with Crippen LogP contribution < -0.4 is 10.1 Å². The van der Waals surface area contributed by atoms with Crippen molar-refractivity contribution in [2.75, 3.05) is 13.7 Å². The summed E-state index contributed by atoms with van der Waals surface area (Å²) in [4.78, 5) is 21.5. The first-order valence-electron chi connectivity index (χ1n) is 5.41. The van der Waals surface area contributed by atoms with Gasteiger partial charge in [0.25, 0.3) is 0 Å². The van der Waals surface area contributed by atoms with Gasteiger partial charge in [0.15, 0.2) is 11.6 Å². The number of aromatic carboxylic acids is 1. The number of rotatable bonds is 6. The number of benzene rings is 1. The van der Waals surface area contributed by atoms with Gasteiger partial charge in [-0.1, -0.05) is 0 Å². The van der Waals surface area contributed by atoms with Crippen molar-refractivity contribution in [1.29, 1.82) is 0 Å². The fourth-order valence-electron chi connectivity index (χ4n) is 1.29. The highest BCUT2D eigenvalue weighted by atomic mass is 19.1. The number of carbonyl (C=O) groups excluding carboxylic acids is 1.